The second kappa shape index (κ2) is 7.38. The molecule has 1 unspecified atom stereocenters. The van der Waals surface area contributed by atoms with E-state index < -0.39 is 0 Å². The van der Waals surface area contributed by atoms with Crippen molar-refractivity contribution in [1.82, 2.24) is 4.90 Å². The minimum absolute atomic E-state index is 0.627. The molecular weight excluding hydrogens is 208 g/mol. The fourth-order valence-corrected chi connectivity index (χ4v) is 3.27. The number of hydrogen-bond acceptors (Lipinski definition) is 2. The number of nitrogens with two attached hydrogens (primary N) is 1. The average molecular weight is 240 g/mol. The average Bonchev–Trinajstić information content (AvgIpc) is 2.70. The Hall–Kier alpha value is -0.0800. The van der Waals surface area contributed by atoms with Crippen LogP contribution in [0.2, 0.25) is 0 Å². The SMILES string of the molecule is CC(C)CN(CC(C)C)C(CN)C1CCCC1. The second-order valence-corrected chi connectivity index (χ2v) is 6.59. The van der Waals surface area contributed by atoms with Crippen LogP contribution >= 0.6 is 0 Å². The topological polar surface area (TPSA) is 29.3 Å². The van der Waals surface area contributed by atoms with Gasteiger partial charge in [-0.25, -0.2) is 0 Å². The van der Waals surface area contributed by atoms with Gasteiger partial charge in [0, 0.05) is 25.7 Å². The molecule has 0 saturated heterocycles. The van der Waals surface area contributed by atoms with Crippen molar-refractivity contribution >= 4 is 0 Å². The number of rotatable bonds is 7. The van der Waals surface area contributed by atoms with E-state index in [9.17, 15) is 0 Å². The van der Waals surface area contributed by atoms with Crippen LogP contribution in [0.1, 0.15) is 53.4 Å². The molecule has 0 aromatic rings. The summed E-state index contributed by atoms with van der Waals surface area (Å²) in [5, 5.41) is 0. The summed E-state index contributed by atoms with van der Waals surface area (Å²) < 4.78 is 0. The minimum atomic E-state index is 0.627. The summed E-state index contributed by atoms with van der Waals surface area (Å²) in [6.45, 7) is 12.5. The summed E-state index contributed by atoms with van der Waals surface area (Å²) in [5.74, 6) is 2.34. The lowest BCUT2D eigenvalue weighted by Gasteiger charge is -2.37. The summed E-state index contributed by atoms with van der Waals surface area (Å²) in [6, 6.07) is 0.627. The first-order valence-electron chi connectivity index (χ1n) is 7.48. The molecule has 0 aromatic heterocycles. The molecule has 0 spiro atoms. The summed E-state index contributed by atoms with van der Waals surface area (Å²) in [5.41, 5.74) is 6.06. The Balaban J connectivity index is 2.62. The van der Waals surface area contributed by atoms with Crippen LogP contribution in [-0.2, 0) is 0 Å². The Morgan fingerprint density at radius 2 is 1.47 bits per heavy atom. The first-order chi connectivity index (χ1) is 8.04. The second-order valence-electron chi connectivity index (χ2n) is 6.59. The molecule has 0 bridgehead atoms. The van der Waals surface area contributed by atoms with Gasteiger partial charge in [0.2, 0.25) is 0 Å². The van der Waals surface area contributed by atoms with E-state index in [-0.39, 0.29) is 0 Å². The van der Waals surface area contributed by atoms with Crippen LogP contribution in [0.25, 0.3) is 0 Å². The van der Waals surface area contributed by atoms with Crippen molar-refractivity contribution in [3.05, 3.63) is 0 Å². The van der Waals surface area contributed by atoms with E-state index in [0.717, 1.165) is 24.3 Å². The molecule has 1 rings (SSSR count). The molecule has 2 nitrogen and oxygen atoms in total. The number of nitrogens with zero attached hydrogens (tertiary/aromatic N) is 1. The van der Waals surface area contributed by atoms with E-state index in [4.69, 9.17) is 5.73 Å². The van der Waals surface area contributed by atoms with Gasteiger partial charge < -0.3 is 5.73 Å². The third-order valence-corrected chi connectivity index (χ3v) is 3.85. The van der Waals surface area contributed by atoms with Gasteiger partial charge in [-0.2, -0.15) is 0 Å². The van der Waals surface area contributed by atoms with E-state index in [0.29, 0.717) is 6.04 Å². The van der Waals surface area contributed by atoms with Crippen LogP contribution in [0.3, 0.4) is 0 Å². The summed E-state index contributed by atoms with van der Waals surface area (Å²) in [7, 11) is 0. The summed E-state index contributed by atoms with van der Waals surface area (Å²) >= 11 is 0. The van der Waals surface area contributed by atoms with Crippen molar-refractivity contribution in [1.29, 1.82) is 0 Å². The van der Waals surface area contributed by atoms with Gasteiger partial charge in [0.15, 0.2) is 0 Å². The Labute approximate surface area is 108 Å². The highest BCUT2D eigenvalue weighted by molar-refractivity contribution is 4.84. The fraction of sp³-hybridized carbons (Fsp3) is 1.00. The first-order valence-corrected chi connectivity index (χ1v) is 7.48. The molecular formula is C15H32N2. The van der Waals surface area contributed by atoms with Crippen molar-refractivity contribution < 1.29 is 0 Å². The highest BCUT2D eigenvalue weighted by atomic mass is 15.2. The summed E-state index contributed by atoms with van der Waals surface area (Å²) in [6.07, 6.45) is 5.62. The zero-order chi connectivity index (χ0) is 12.8. The number of hydrogen-bond donors (Lipinski definition) is 1. The summed E-state index contributed by atoms with van der Waals surface area (Å²) in [4.78, 5) is 2.67. The smallest absolute Gasteiger partial charge is 0.0246 e. The first kappa shape index (κ1) is 15.0. The van der Waals surface area contributed by atoms with Gasteiger partial charge in [-0.3, -0.25) is 4.90 Å². The standard InChI is InChI=1S/C15H32N2/c1-12(2)10-17(11-13(3)4)15(9-16)14-7-5-6-8-14/h12-15H,5-11,16H2,1-4H3. The maximum atomic E-state index is 6.06. The molecule has 0 heterocycles. The van der Waals surface area contributed by atoms with E-state index in [2.05, 4.69) is 32.6 Å². The van der Waals surface area contributed by atoms with Gasteiger partial charge >= 0.3 is 0 Å². The van der Waals surface area contributed by atoms with Gasteiger partial charge in [-0.15, -0.1) is 0 Å². The predicted molar refractivity (Wildman–Crippen MR) is 76.0 cm³/mol. The van der Waals surface area contributed by atoms with Gasteiger partial charge in [0.05, 0.1) is 0 Å². The van der Waals surface area contributed by atoms with Crippen LogP contribution in [0.15, 0.2) is 0 Å². The van der Waals surface area contributed by atoms with Gasteiger partial charge in [-0.1, -0.05) is 40.5 Å². The molecule has 2 heteroatoms. The lowest BCUT2D eigenvalue weighted by Crippen LogP contribution is -2.48. The Morgan fingerprint density at radius 1 is 1.00 bits per heavy atom. The molecule has 0 radical (unpaired) electrons. The lowest BCUT2D eigenvalue weighted by atomic mass is 9.95. The predicted octanol–water partition coefficient (Wildman–Crippen LogP) is 3.12. The van der Waals surface area contributed by atoms with Crippen LogP contribution < -0.4 is 5.73 Å². The highest BCUT2D eigenvalue weighted by Gasteiger charge is 2.29. The van der Waals surface area contributed by atoms with Crippen molar-refractivity contribution in [2.24, 2.45) is 23.5 Å². The monoisotopic (exact) mass is 240 g/mol. The zero-order valence-electron chi connectivity index (χ0n) is 12.3. The molecule has 1 aliphatic carbocycles. The van der Waals surface area contributed by atoms with Crippen LogP contribution in [0.4, 0.5) is 0 Å². The van der Waals surface area contributed by atoms with Gasteiger partial charge in [-0.05, 0) is 30.6 Å². The Kier molecular flexibility index (Phi) is 6.50. The van der Waals surface area contributed by atoms with Crippen LogP contribution in [0.5, 0.6) is 0 Å². The van der Waals surface area contributed by atoms with E-state index in [1.54, 1.807) is 0 Å². The Morgan fingerprint density at radius 3 is 1.82 bits per heavy atom. The maximum absolute atomic E-state index is 6.06. The van der Waals surface area contributed by atoms with Crippen molar-refractivity contribution in [3.8, 4) is 0 Å². The minimum Gasteiger partial charge on any atom is -0.329 e. The maximum Gasteiger partial charge on any atom is 0.0246 e. The third kappa shape index (κ3) is 4.97. The van der Waals surface area contributed by atoms with Crippen molar-refractivity contribution in [2.75, 3.05) is 19.6 Å². The third-order valence-electron chi connectivity index (χ3n) is 3.85. The molecule has 2 N–H and O–H groups in total. The normalized spacial score (nSPS) is 19.8. The van der Waals surface area contributed by atoms with E-state index in [1.807, 2.05) is 0 Å². The molecule has 17 heavy (non-hydrogen) atoms. The zero-order valence-corrected chi connectivity index (χ0v) is 12.3. The largest absolute Gasteiger partial charge is 0.329 e. The van der Waals surface area contributed by atoms with Gasteiger partial charge in [0.1, 0.15) is 0 Å². The van der Waals surface area contributed by atoms with E-state index >= 15 is 0 Å². The molecule has 1 atom stereocenters. The molecule has 0 aliphatic heterocycles. The van der Waals surface area contributed by atoms with Crippen molar-refractivity contribution in [3.63, 3.8) is 0 Å². The molecule has 1 fully saturated rings. The van der Waals surface area contributed by atoms with E-state index in [1.165, 1.54) is 38.8 Å². The highest BCUT2D eigenvalue weighted by Crippen LogP contribution is 2.30. The Bertz CT molecular complexity index is 185. The molecule has 102 valence electrons. The molecule has 0 amide bonds. The molecule has 1 aliphatic rings. The molecule has 1 saturated carbocycles. The van der Waals surface area contributed by atoms with Gasteiger partial charge in [0.25, 0.3) is 0 Å². The van der Waals surface area contributed by atoms with Crippen LogP contribution in [-0.4, -0.2) is 30.6 Å². The quantitative estimate of drug-likeness (QED) is 0.741. The van der Waals surface area contributed by atoms with Crippen LogP contribution in [0, 0.1) is 17.8 Å². The fourth-order valence-electron chi connectivity index (χ4n) is 3.27. The van der Waals surface area contributed by atoms with Crippen molar-refractivity contribution in [2.45, 2.75) is 59.4 Å². The lowest BCUT2D eigenvalue weighted by molar-refractivity contribution is 0.117. The molecule has 0 aromatic carbocycles.